The highest BCUT2D eigenvalue weighted by atomic mass is 16.5. The summed E-state index contributed by atoms with van der Waals surface area (Å²) in [6, 6.07) is 5.16. The third-order valence-electron chi connectivity index (χ3n) is 2.36. The third kappa shape index (κ3) is 2.04. The Morgan fingerprint density at radius 2 is 2.38 bits per heavy atom. The summed E-state index contributed by atoms with van der Waals surface area (Å²) in [5.41, 5.74) is 7.33. The van der Waals surface area contributed by atoms with E-state index in [1.807, 2.05) is 0 Å². The molecule has 0 bridgehead atoms. The molecule has 84 valence electrons. The second-order valence-electron chi connectivity index (χ2n) is 3.52. The minimum absolute atomic E-state index is 0.435. The Labute approximate surface area is 92.6 Å². The van der Waals surface area contributed by atoms with Gasteiger partial charge in [0.15, 0.2) is 0 Å². The van der Waals surface area contributed by atoms with Crippen molar-refractivity contribution in [3.05, 3.63) is 29.6 Å². The molecule has 0 saturated carbocycles. The van der Waals surface area contributed by atoms with Crippen LogP contribution in [0.5, 0.6) is 0 Å². The lowest BCUT2D eigenvalue weighted by atomic mass is 10.2. The molecule has 0 atom stereocenters. The first-order valence-corrected chi connectivity index (χ1v) is 4.98. The Morgan fingerprint density at radius 3 is 3.06 bits per heavy atom. The standard InChI is InChI=1S/C11H13N3O2/c1-16-5-4-10-13-8-3-2-7(11(12)15)6-9(8)14-10/h2-3,6H,4-5H2,1H3,(H2,12,15)(H,13,14). The van der Waals surface area contributed by atoms with Gasteiger partial charge in [-0.3, -0.25) is 4.79 Å². The fourth-order valence-electron chi connectivity index (χ4n) is 1.53. The summed E-state index contributed by atoms with van der Waals surface area (Å²) in [6.45, 7) is 0.614. The molecule has 2 rings (SSSR count). The molecule has 1 aromatic heterocycles. The monoisotopic (exact) mass is 219 g/mol. The molecule has 0 spiro atoms. The van der Waals surface area contributed by atoms with Gasteiger partial charge in [-0.1, -0.05) is 0 Å². The van der Waals surface area contributed by atoms with Crippen LogP contribution in [0.2, 0.25) is 0 Å². The van der Waals surface area contributed by atoms with Gasteiger partial charge in [0.25, 0.3) is 0 Å². The van der Waals surface area contributed by atoms with Crippen molar-refractivity contribution in [3.8, 4) is 0 Å². The van der Waals surface area contributed by atoms with Crippen LogP contribution in [0.25, 0.3) is 11.0 Å². The van der Waals surface area contributed by atoms with Gasteiger partial charge in [0.1, 0.15) is 5.82 Å². The fourth-order valence-corrected chi connectivity index (χ4v) is 1.53. The van der Waals surface area contributed by atoms with Crippen LogP contribution in [0.1, 0.15) is 16.2 Å². The summed E-state index contributed by atoms with van der Waals surface area (Å²) < 4.78 is 4.97. The number of carbonyl (C=O) groups is 1. The number of ether oxygens (including phenoxy) is 1. The highest BCUT2D eigenvalue weighted by Crippen LogP contribution is 2.13. The number of benzene rings is 1. The van der Waals surface area contributed by atoms with E-state index in [1.165, 1.54) is 0 Å². The number of methoxy groups -OCH3 is 1. The molecule has 1 aromatic carbocycles. The molecule has 1 amide bonds. The van der Waals surface area contributed by atoms with Crippen molar-refractivity contribution in [1.82, 2.24) is 9.97 Å². The molecular formula is C11H13N3O2. The smallest absolute Gasteiger partial charge is 0.248 e. The summed E-state index contributed by atoms with van der Waals surface area (Å²) in [7, 11) is 1.65. The molecule has 0 aliphatic rings. The van der Waals surface area contributed by atoms with E-state index >= 15 is 0 Å². The number of carbonyl (C=O) groups excluding carboxylic acids is 1. The van der Waals surface area contributed by atoms with E-state index in [-0.39, 0.29) is 0 Å². The maximum atomic E-state index is 11.0. The lowest BCUT2D eigenvalue weighted by molar-refractivity contribution is 0.100. The van der Waals surface area contributed by atoms with E-state index in [2.05, 4.69) is 9.97 Å². The summed E-state index contributed by atoms with van der Waals surface area (Å²) >= 11 is 0. The van der Waals surface area contributed by atoms with Gasteiger partial charge in [0.2, 0.25) is 5.91 Å². The predicted octanol–water partition coefficient (Wildman–Crippen LogP) is 0.851. The third-order valence-corrected chi connectivity index (χ3v) is 2.36. The Bertz CT molecular complexity index is 519. The molecule has 0 aliphatic carbocycles. The predicted molar refractivity (Wildman–Crippen MR) is 60.2 cm³/mol. The quantitative estimate of drug-likeness (QED) is 0.799. The summed E-state index contributed by atoms with van der Waals surface area (Å²) in [6.07, 6.45) is 0.719. The first kappa shape index (κ1) is 10.6. The number of nitrogens with one attached hydrogen (secondary N) is 1. The summed E-state index contributed by atoms with van der Waals surface area (Å²) in [5, 5.41) is 0. The average Bonchev–Trinajstić information content (AvgIpc) is 2.67. The van der Waals surface area contributed by atoms with Gasteiger partial charge in [-0.2, -0.15) is 0 Å². The van der Waals surface area contributed by atoms with E-state index in [4.69, 9.17) is 10.5 Å². The average molecular weight is 219 g/mol. The highest BCUT2D eigenvalue weighted by Gasteiger charge is 2.05. The van der Waals surface area contributed by atoms with Crippen LogP contribution in [0.3, 0.4) is 0 Å². The number of nitrogens with zero attached hydrogens (tertiary/aromatic N) is 1. The molecule has 16 heavy (non-hydrogen) atoms. The van der Waals surface area contributed by atoms with Gasteiger partial charge < -0.3 is 15.5 Å². The van der Waals surface area contributed by atoms with Crippen LogP contribution >= 0.6 is 0 Å². The maximum absolute atomic E-state index is 11.0. The Morgan fingerprint density at radius 1 is 1.56 bits per heavy atom. The molecule has 0 fully saturated rings. The zero-order valence-corrected chi connectivity index (χ0v) is 8.99. The van der Waals surface area contributed by atoms with Gasteiger partial charge in [0.05, 0.1) is 17.6 Å². The molecule has 2 aromatic rings. The number of fused-ring (bicyclic) bond motifs is 1. The van der Waals surface area contributed by atoms with Crippen molar-refractivity contribution in [3.63, 3.8) is 0 Å². The van der Waals surface area contributed by atoms with Gasteiger partial charge in [0, 0.05) is 19.1 Å². The SMILES string of the molecule is COCCc1nc2ccc(C(N)=O)cc2[nH]1. The molecule has 0 saturated heterocycles. The normalized spacial score (nSPS) is 10.8. The second-order valence-corrected chi connectivity index (χ2v) is 3.52. The molecule has 5 nitrogen and oxygen atoms in total. The first-order chi connectivity index (χ1) is 7.70. The summed E-state index contributed by atoms with van der Waals surface area (Å²) in [5.74, 6) is 0.411. The van der Waals surface area contributed by atoms with E-state index in [0.717, 1.165) is 23.3 Å². The lowest BCUT2D eigenvalue weighted by Crippen LogP contribution is -2.10. The van der Waals surface area contributed by atoms with Crippen LogP contribution in [-0.4, -0.2) is 29.6 Å². The number of imidazole rings is 1. The van der Waals surface area contributed by atoms with Crippen molar-refractivity contribution < 1.29 is 9.53 Å². The van der Waals surface area contributed by atoms with E-state index < -0.39 is 5.91 Å². The van der Waals surface area contributed by atoms with Crippen LogP contribution in [0, 0.1) is 0 Å². The number of hydrogen-bond acceptors (Lipinski definition) is 3. The Balaban J connectivity index is 2.34. The lowest BCUT2D eigenvalue weighted by Gasteiger charge is -1.93. The highest BCUT2D eigenvalue weighted by molar-refractivity contribution is 5.96. The Hall–Kier alpha value is -1.88. The largest absolute Gasteiger partial charge is 0.384 e. The van der Waals surface area contributed by atoms with Gasteiger partial charge in [-0.25, -0.2) is 4.98 Å². The number of aromatic amines is 1. The van der Waals surface area contributed by atoms with Gasteiger partial charge >= 0.3 is 0 Å². The first-order valence-electron chi connectivity index (χ1n) is 4.98. The van der Waals surface area contributed by atoms with E-state index in [1.54, 1.807) is 25.3 Å². The summed E-state index contributed by atoms with van der Waals surface area (Å²) in [4.78, 5) is 18.5. The zero-order valence-electron chi connectivity index (χ0n) is 8.99. The van der Waals surface area contributed by atoms with E-state index in [9.17, 15) is 4.79 Å². The van der Waals surface area contributed by atoms with Gasteiger partial charge in [-0.05, 0) is 18.2 Å². The molecule has 5 heteroatoms. The van der Waals surface area contributed by atoms with Crippen LogP contribution in [0.15, 0.2) is 18.2 Å². The number of aromatic nitrogens is 2. The molecule has 3 N–H and O–H groups in total. The molecular weight excluding hydrogens is 206 g/mol. The Kier molecular flexibility index (Phi) is 2.87. The maximum Gasteiger partial charge on any atom is 0.248 e. The number of H-pyrrole nitrogens is 1. The van der Waals surface area contributed by atoms with Crippen LogP contribution in [0.4, 0.5) is 0 Å². The molecule has 0 radical (unpaired) electrons. The fraction of sp³-hybridized carbons (Fsp3) is 0.273. The number of nitrogens with two attached hydrogens (primary N) is 1. The topological polar surface area (TPSA) is 81.0 Å². The number of rotatable bonds is 4. The molecule has 0 unspecified atom stereocenters. The molecule has 1 heterocycles. The van der Waals surface area contributed by atoms with Crippen molar-refractivity contribution in [2.24, 2.45) is 5.73 Å². The van der Waals surface area contributed by atoms with Crippen molar-refractivity contribution in [2.45, 2.75) is 6.42 Å². The van der Waals surface area contributed by atoms with Crippen LogP contribution < -0.4 is 5.73 Å². The zero-order chi connectivity index (χ0) is 11.5. The van der Waals surface area contributed by atoms with Crippen molar-refractivity contribution in [2.75, 3.05) is 13.7 Å². The van der Waals surface area contributed by atoms with Crippen LogP contribution in [-0.2, 0) is 11.2 Å². The van der Waals surface area contributed by atoms with Crippen molar-refractivity contribution in [1.29, 1.82) is 0 Å². The number of hydrogen-bond donors (Lipinski definition) is 2. The second kappa shape index (κ2) is 4.32. The van der Waals surface area contributed by atoms with Crippen molar-refractivity contribution >= 4 is 16.9 Å². The van der Waals surface area contributed by atoms with Gasteiger partial charge in [-0.15, -0.1) is 0 Å². The number of amides is 1. The van der Waals surface area contributed by atoms with E-state index in [0.29, 0.717) is 12.2 Å². The minimum Gasteiger partial charge on any atom is -0.384 e. The minimum atomic E-state index is -0.435. The number of primary amides is 1. The molecule has 0 aliphatic heterocycles.